The number of ether oxygens (including phenoxy) is 1. The molecular formula is C27H22F2O2. The molecule has 3 aromatic rings. The van der Waals surface area contributed by atoms with Crippen LogP contribution in [0.15, 0.2) is 67.3 Å². The number of rotatable bonds is 3. The number of esters is 1. The molecule has 4 heteroatoms. The quantitative estimate of drug-likeness (QED) is 0.206. The molecule has 0 amide bonds. The SMILES string of the molecule is C=CC1CCC(C#Cc2ccc(C(=O)Oc3ccc4c(F)cccc4c3)c(F)c2)CC1. The molecule has 4 rings (SSSR count). The van der Waals surface area contributed by atoms with Gasteiger partial charge in [-0.2, -0.15) is 0 Å². The van der Waals surface area contributed by atoms with E-state index in [-0.39, 0.29) is 17.1 Å². The molecule has 1 fully saturated rings. The molecule has 0 bridgehead atoms. The van der Waals surface area contributed by atoms with Crippen LogP contribution in [0.25, 0.3) is 10.8 Å². The first-order chi connectivity index (χ1) is 15.0. The minimum absolute atomic E-state index is 0.170. The molecule has 0 spiro atoms. The van der Waals surface area contributed by atoms with Crippen molar-refractivity contribution >= 4 is 16.7 Å². The van der Waals surface area contributed by atoms with Crippen molar-refractivity contribution in [3.8, 4) is 17.6 Å². The Balaban J connectivity index is 1.45. The molecule has 0 aliphatic heterocycles. The van der Waals surface area contributed by atoms with E-state index in [0.717, 1.165) is 25.7 Å². The number of hydrogen-bond acceptors (Lipinski definition) is 2. The fourth-order valence-electron chi connectivity index (χ4n) is 3.89. The molecule has 0 atom stereocenters. The summed E-state index contributed by atoms with van der Waals surface area (Å²) in [6, 6.07) is 13.5. The number of halogens is 2. The Morgan fingerprint density at radius 2 is 1.81 bits per heavy atom. The molecule has 3 aromatic carbocycles. The third kappa shape index (κ3) is 4.83. The first kappa shape index (κ1) is 20.8. The van der Waals surface area contributed by atoms with Crippen LogP contribution >= 0.6 is 0 Å². The monoisotopic (exact) mass is 416 g/mol. The molecule has 2 nitrogen and oxygen atoms in total. The summed E-state index contributed by atoms with van der Waals surface area (Å²) in [5, 5.41) is 1.02. The predicted octanol–water partition coefficient (Wildman–Crippen LogP) is 6.68. The lowest BCUT2D eigenvalue weighted by Gasteiger charge is -2.22. The predicted molar refractivity (Wildman–Crippen MR) is 118 cm³/mol. The molecule has 156 valence electrons. The number of carbonyl (C=O) groups is 1. The molecule has 1 saturated carbocycles. The van der Waals surface area contributed by atoms with Crippen molar-refractivity contribution in [3.05, 3.63) is 90.0 Å². The third-order valence-corrected chi connectivity index (χ3v) is 5.72. The number of benzene rings is 3. The summed E-state index contributed by atoms with van der Waals surface area (Å²) >= 11 is 0. The third-order valence-electron chi connectivity index (χ3n) is 5.72. The Morgan fingerprint density at radius 1 is 1.00 bits per heavy atom. The van der Waals surface area contributed by atoms with Gasteiger partial charge in [-0.05, 0) is 79.5 Å². The molecule has 1 aliphatic carbocycles. The minimum Gasteiger partial charge on any atom is -0.423 e. The van der Waals surface area contributed by atoms with E-state index >= 15 is 0 Å². The van der Waals surface area contributed by atoms with Crippen LogP contribution in [0.3, 0.4) is 0 Å². The van der Waals surface area contributed by atoms with Crippen LogP contribution in [0.1, 0.15) is 41.6 Å². The van der Waals surface area contributed by atoms with Crippen LogP contribution in [0.4, 0.5) is 8.78 Å². The second-order valence-electron chi connectivity index (χ2n) is 7.82. The van der Waals surface area contributed by atoms with Crippen LogP contribution in [0.5, 0.6) is 5.75 Å². The fourth-order valence-corrected chi connectivity index (χ4v) is 3.89. The first-order valence-electron chi connectivity index (χ1n) is 10.4. The highest BCUT2D eigenvalue weighted by Gasteiger charge is 2.18. The van der Waals surface area contributed by atoms with Crippen molar-refractivity contribution < 1.29 is 18.3 Å². The van der Waals surface area contributed by atoms with Gasteiger partial charge in [-0.15, -0.1) is 6.58 Å². The van der Waals surface area contributed by atoms with Gasteiger partial charge in [0.15, 0.2) is 0 Å². The summed E-state index contributed by atoms with van der Waals surface area (Å²) in [6.45, 7) is 3.85. The summed E-state index contributed by atoms with van der Waals surface area (Å²) in [6.07, 6.45) is 6.22. The van der Waals surface area contributed by atoms with Crippen molar-refractivity contribution in [3.63, 3.8) is 0 Å². The molecule has 1 aliphatic rings. The minimum atomic E-state index is -0.810. The van der Waals surface area contributed by atoms with Gasteiger partial charge in [0.1, 0.15) is 17.4 Å². The fraction of sp³-hybridized carbons (Fsp3) is 0.222. The zero-order chi connectivity index (χ0) is 21.8. The van der Waals surface area contributed by atoms with Gasteiger partial charge < -0.3 is 4.74 Å². The van der Waals surface area contributed by atoms with E-state index in [0.29, 0.717) is 28.2 Å². The van der Waals surface area contributed by atoms with E-state index in [4.69, 9.17) is 4.74 Å². The van der Waals surface area contributed by atoms with Crippen LogP contribution in [0.2, 0.25) is 0 Å². The lowest BCUT2D eigenvalue weighted by molar-refractivity contribution is 0.0730. The standard InChI is InChI=1S/C27H22F2O2/c1-2-18-6-8-19(9-7-18)10-11-20-12-14-24(26(29)16-20)27(30)31-22-13-15-23-21(17-22)4-3-5-25(23)28/h2-5,12-19H,1,6-9H2. The van der Waals surface area contributed by atoms with Gasteiger partial charge >= 0.3 is 5.97 Å². The molecule has 0 saturated heterocycles. The summed E-state index contributed by atoms with van der Waals surface area (Å²) in [7, 11) is 0. The van der Waals surface area contributed by atoms with Crippen molar-refractivity contribution in [2.45, 2.75) is 25.7 Å². The van der Waals surface area contributed by atoms with E-state index in [1.807, 2.05) is 6.08 Å². The largest absolute Gasteiger partial charge is 0.423 e. The normalized spacial score (nSPS) is 18.1. The van der Waals surface area contributed by atoms with Gasteiger partial charge in [0.05, 0.1) is 5.56 Å². The Kier molecular flexibility index (Phi) is 6.13. The highest BCUT2D eigenvalue weighted by molar-refractivity contribution is 5.92. The molecule has 0 N–H and O–H groups in total. The average molecular weight is 416 g/mol. The summed E-state index contributed by atoms with van der Waals surface area (Å²) in [5.41, 5.74) is 0.359. The topological polar surface area (TPSA) is 26.3 Å². The Hall–Kier alpha value is -3.45. The zero-order valence-corrected chi connectivity index (χ0v) is 17.0. The molecule has 0 radical (unpaired) electrons. The second kappa shape index (κ2) is 9.14. The number of allylic oxidation sites excluding steroid dienone is 1. The smallest absolute Gasteiger partial charge is 0.346 e. The second-order valence-corrected chi connectivity index (χ2v) is 7.82. The molecule has 0 aromatic heterocycles. The molecule has 31 heavy (non-hydrogen) atoms. The van der Waals surface area contributed by atoms with E-state index in [9.17, 15) is 13.6 Å². The Labute approximate surface area is 180 Å². The van der Waals surface area contributed by atoms with Crippen molar-refractivity contribution in [2.75, 3.05) is 0 Å². The number of fused-ring (bicyclic) bond motifs is 1. The average Bonchev–Trinajstić information content (AvgIpc) is 2.78. The number of hydrogen-bond donors (Lipinski definition) is 0. The van der Waals surface area contributed by atoms with Crippen molar-refractivity contribution in [1.82, 2.24) is 0 Å². The van der Waals surface area contributed by atoms with Gasteiger partial charge in [0, 0.05) is 16.9 Å². The van der Waals surface area contributed by atoms with Crippen LogP contribution in [0, 0.1) is 35.3 Å². The summed E-state index contributed by atoms with van der Waals surface area (Å²) in [4.78, 5) is 12.4. The van der Waals surface area contributed by atoms with E-state index in [2.05, 4.69) is 18.4 Å². The number of carbonyl (C=O) groups excluding carboxylic acids is 1. The van der Waals surface area contributed by atoms with E-state index < -0.39 is 11.8 Å². The lowest BCUT2D eigenvalue weighted by atomic mass is 9.82. The van der Waals surface area contributed by atoms with Gasteiger partial charge in [-0.3, -0.25) is 0 Å². The van der Waals surface area contributed by atoms with Crippen LogP contribution in [-0.4, -0.2) is 5.97 Å². The summed E-state index contributed by atoms with van der Waals surface area (Å²) in [5.74, 6) is 5.50. The highest BCUT2D eigenvalue weighted by atomic mass is 19.1. The Morgan fingerprint density at radius 3 is 2.55 bits per heavy atom. The molecule has 0 unspecified atom stereocenters. The summed E-state index contributed by atoms with van der Waals surface area (Å²) < 4.78 is 33.6. The molecule has 0 heterocycles. The van der Waals surface area contributed by atoms with Gasteiger partial charge in [0.2, 0.25) is 0 Å². The zero-order valence-electron chi connectivity index (χ0n) is 17.0. The van der Waals surface area contributed by atoms with Crippen molar-refractivity contribution in [2.24, 2.45) is 11.8 Å². The van der Waals surface area contributed by atoms with E-state index in [1.54, 1.807) is 24.3 Å². The van der Waals surface area contributed by atoms with E-state index in [1.165, 1.54) is 30.3 Å². The van der Waals surface area contributed by atoms with Gasteiger partial charge in [-0.25, -0.2) is 13.6 Å². The lowest BCUT2D eigenvalue weighted by Crippen LogP contribution is -2.11. The Bertz CT molecular complexity index is 1190. The first-order valence-corrected chi connectivity index (χ1v) is 10.4. The van der Waals surface area contributed by atoms with Crippen LogP contribution in [-0.2, 0) is 0 Å². The highest BCUT2D eigenvalue weighted by Crippen LogP contribution is 2.29. The van der Waals surface area contributed by atoms with Crippen molar-refractivity contribution in [1.29, 1.82) is 0 Å². The molecular weight excluding hydrogens is 394 g/mol. The van der Waals surface area contributed by atoms with Gasteiger partial charge in [-0.1, -0.05) is 30.0 Å². The maximum Gasteiger partial charge on any atom is 0.346 e. The maximum atomic E-state index is 14.5. The van der Waals surface area contributed by atoms with Gasteiger partial charge in [0.25, 0.3) is 0 Å². The van der Waals surface area contributed by atoms with Crippen LogP contribution < -0.4 is 4.74 Å². The maximum absolute atomic E-state index is 14.5.